The maximum Gasteiger partial charge on any atom is 0.0724 e. The minimum absolute atomic E-state index is 0.432. The van der Waals surface area contributed by atoms with E-state index in [1.54, 1.807) is 0 Å². The number of nitrogens with one attached hydrogen (secondary N) is 1. The molecule has 1 saturated heterocycles. The van der Waals surface area contributed by atoms with Crippen LogP contribution in [-0.2, 0) is 9.47 Å². The fourth-order valence-corrected chi connectivity index (χ4v) is 2.74. The Labute approximate surface area is 92.5 Å². The lowest BCUT2D eigenvalue weighted by atomic mass is 9.91. The van der Waals surface area contributed by atoms with Gasteiger partial charge in [0.2, 0.25) is 0 Å². The first-order valence-electron chi connectivity index (χ1n) is 6.26. The molecule has 2 fully saturated rings. The second kappa shape index (κ2) is 5.83. The van der Waals surface area contributed by atoms with E-state index in [0.717, 1.165) is 26.1 Å². The van der Waals surface area contributed by atoms with E-state index in [1.807, 2.05) is 7.11 Å². The first-order valence-corrected chi connectivity index (χ1v) is 6.26. The zero-order valence-electron chi connectivity index (χ0n) is 9.71. The van der Waals surface area contributed by atoms with Crippen LogP contribution in [0.4, 0.5) is 0 Å². The monoisotopic (exact) mass is 213 g/mol. The normalized spacial score (nSPS) is 34.2. The third-order valence-electron chi connectivity index (χ3n) is 3.68. The van der Waals surface area contributed by atoms with Crippen LogP contribution in [0.15, 0.2) is 0 Å². The Morgan fingerprint density at radius 1 is 1.07 bits per heavy atom. The van der Waals surface area contributed by atoms with Crippen LogP contribution < -0.4 is 5.32 Å². The van der Waals surface area contributed by atoms with E-state index in [0.29, 0.717) is 18.2 Å². The van der Waals surface area contributed by atoms with Gasteiger partial charge in [0.1, 0.15) is 0 Å². The summed E-state index contributed by atoms with van der Waals surface area (Å²) < 4.78 is 10.9. The van der Waals surface area contributed by atoms with Gasteiger partial charge >= 0.3 is 0 Å². The van der Waals surface area contributed by atoms with E-state index in [1.165, 1.54) is 25.7 Å². The zero-order chi connectivity index (χ0) is 10.5. The van der Waals surface area contributed by atoms with E-state index in [4.69, 9.17) is 9.47 Å². The van der Waals surface area contributed by atoms with Crippen LogP contribution in [0.2, 0.25) is 0 Å². The molecular weight excluding hydrogens is 190 g/mol. The lowest BCUT2D eigenvalue weighted by molar-refractivity contribution is 0.0233. The molecule has 0 bridgehead atoms. The van der Waals surface area contributed by atoms with Gasteiger partial charge in [-0.1, -0.05) is 12.8 Å². The number of hydrogen-bond donors (Lipinski definition) is 1. The van der Waals surface area contributed by atoms with Gasteiger partial charge in [-0.25, -0.2) is 0 Å². The van der Waals surface area contributed by atoms with Crippen molar-refractivity contribution in [2.24, 2.45) is 0 Å². The van der Waals surface area contributed by atoms with Crippen molar-refractivity contribution in [3.8, 4) is 0 Å². The summed E-state index contributed by atoms with van der Waals surface area (Å²) in [5.74, 6) is 0. The molecule has 1 heterocycles. The molecule has 0 aromatic carbocycles. The summed E-state index contributed by atoms with van der Waals surface area (Å²) in [6.07, 6.45) is 7.92. The van der Waals surface area contributed by atoms with Gasteiger partial charge in [0.15, 0.2) is 0 Å². The number of hydrogen-bond acceptors (Lipinski definition) is 3. The lowest BCUT2D eigenvalue weighted by Gasteiger charge is -2.35. The highest BCUT2D eigenvalue weighted by Gasteiger charge is 2.27. The highest BCUT2D eigenvalue weighted by Crippen LogP contribution is 2.22. The lowest BCUT2D eigenvalue weighted by Crippen LogP contribution is -2.49. The second-order valence-corrected chi connectivity index (χ2v) is 4.72. The molecule has 1 saturated carbocycles. The Kier molecular flexibility index (Phi) is 4.42. The van der Waals surface area contributed by atoms with E-state index >= 15 is 0 Å². The Bertz CT molecular complexity index is 180. The van der Waals surface area contributed by atoms with E-state index in [-0.39, 0.29) is 0 Å². The summed E-state index contributed by atoms with van der Waals surface area (Å²) in [7, 11) is 1.84. The van der Waals surface area contributed by atoms with Crippen LogP contribution in [0, 0.1) is 0 Å². The van der Waals surface area contributed by atoms with Crippen molar-refractivity contribution in [1.29, 1.82) is 0 Å². The van der Waals surface area contributed by atoms with Crippen LogP contribution in [-0.4, -0.2) is 38.5 Å². The van der Waals surface area contributed by atoms with Crippen molar-refractivity contribution in [3.63, 3.8) is 0 Å². The van der Waals surface area contributed by atoms with Gasteiger partial charge in [0.25, 0.3) is 0 Å². The molecule has 2 rings (SSSR count). The van der Waals surface area contributed by atoms with Crippen LogP contribution in [0.3, 0.4) is 0 Å². The summed E-state index contributed by atoms with van der Waals surface area (Å²) in [5, 5.41) is 3.75. The Morgan fingerprint density at radius 3 is 2.53 bits per heavy atom. The molecule has 0 amide bonds. The second-order valence-electron chi connectivity index (χ2n) is 4.72. The molecule has 0 aromatic rings. The molecule has 3 heteroatoms. The van der Waals surface area contributed by atoms with Crippen LogP contribution >= 0.6 is 0 Å². The fraction of sp³-hybridized carbons (Fsp3) is 1.00. The maximum atomic E-state index is 5.55. The molecule has 1 aliphatic carbocycles. The summed E-state index contributed by atoms with van der Waals surface area (Å²) >= 11 is 0. The third-order valence-corrected chi connectivity index (χ3v) is 3.68. The average molecular weight is 213 g/mol. The third kappa shape index (κ3) is 3.16. The quantitative estimate of drug-likeness (QED) is 0.774. The van der Waals surface area contributed by atoms with Gasteiger partial charge in [-0.15, -0.1) is 0 Å². The van der Waals surface area contributed by atoms with Gasteiger partial charge in [0.05, 0.1) is 6.10 Å². The summed E-state index contributed by atoms with van der Waals surface area (Å²) in [6.45, 7) is 1.84. The molecule has 2 aliphatic rings. The number of ether oxygens (including phenoxy) is 2. The average Bonchev–Trinajstić information content (AvgIpc) is 2.31. The molecule has 1 aliphatic heterocycles. The molecular formula is C12H23NO2. The minimum atomic E-state index is 0.432. The summed E-state index contributed by atoms with van der Waals surface area (Å²) in [5.41, 5.74) is 0. The van der Waals surface area contributed by atoms with Crippen molar-refractivity contribution in [1.82, 2.24) is 5.32 Å². The minimum Gasteiger partial charge on any atom is -0.381 e. The van der Waals surface area contributed by atoms with Gasteiger partial charge in [-0.2, -0.15) is 0 Å². The maximum absolute atomic E-state index is 5.55. The molecule has 3 nitrogen and oxygen atoms in total. The molecule has 2 atom stereocenters. The standard InChI is InChI=1S/C12H23NO2/c1-14-12-5-3-2-4-11(12)13-10-6-8-15-9-7-10/h10-13H,2-9H2,1H3. The SMILES string of the molecule is COC1CCCCC1NC1CCOCC1. The molecule has 0 radical (unpaired) electrons. The van der Waals surface area contributed by atoms with Gasteiger partial charge in [-0.3, -0.25) is 0 Å². The van der Waals surface area contributed by atoms with Crippen molar-refractivity contribution in [3.05, 3.63) is 0 Å². The van der Waals surface area contributed by atoms with Crippen molar-refractivity contribution >= 4 is 0 Å². The molecule has 0 spiro atoms. The van der Waals surface area contributed by atoms with Crippen LogP contribution in [0.5, 0.6) is 0 Å². The largest absolute Gasteiger partial charge is 0.381 e. The van der Waals surface area contributed by atoms with Crippen LogP contribution in [0.25, 0.3) is 0 Å². The molecule has 0 aromatic heterocycles. The highest BCUT2D eigenvalue weighted by atomic mass is 16.5. The van der Waals surface area contributed by atoms with Crippen LogP contribution in [0.1, 0.15) is 38.5 Å². The summed E-state index contributed by atoms with van der Waals surface area (Å²) in [4.78, 5) is 0. The van der Waals surface area contributed by atoms with Gasteiger partial charge < -0.3 is 14.8 Å². The molecule has 1 N–H and O–H groups in total. The number of rotatable bonds is 3. The van der Waals surface area contributed by atoms with Crippen molar-refractivity contribution in [2.45, 2.75) is 56.7 Å². The van der Waals surface area contributed by atoms with E-state index < -0.39 is 0 Å². The number of methoxy groups -OCH3 is 1. The topological polar surface area (TPSA) is 30.5 Å². The van der Waals surface area contributed by atoms with Crippen molar-refractivity contribution in [2.75, 3.05) is 20.3 Å². The molecule has 15 heavy (non-hydrogen) atoms. The highest BCUT2D eigenvalue weighted by molar-refractivity contribution is 4.85. The fourth-order valence-electron chi connectivity index (χ4n) is 2.74. The summed E-state index contributed by atoms with van der Waals surface area (Å²) in [6, 6.07) is 1.23. The predicted octanol–water partition coefficient (Wildman–Crippen LogP) is 1.71. The Hall–Kier alpha value is -0.120. The van der Waals surface area contributed by atoms with Gasteiger partial charge in [-0.05, 0) is 25.7 Å². The molecule has 2 unspecified atom stereocenters. The Morgan fingerprint density at radius 2 is 1.80 bits per heavy atom. The predicted molar refractivity (Wildman–Crippen MR) is 60.0 cm³/mol. The smallest absolute Gasteiger partial charge is 0.0724 e. The van der Waals surface area contributed by atoms with E-state index in [9.17, 15) is 0 Å². The van der Waals surface area contributed by atoms with Crippen molar-refractivity contribution < 1.29 is 9.47 Å². The first-order chi connectivity index (χ1) is 7.40. The first kappa shape index (κ1) is 11.4. The van der Waals surface area contributed by atoms with E-state index in [2.05, 4.69) is 5.32 Å². The molecule has 88 valence electrons. The Balaban J connectivity index is 1.79. The van der Waals surface area contributed by atoms with Gasteiger partial charge in [0, 0.05) is 32.4 Å². The zero-order valence-corrected chi connectivity index (χ0v) is 9.71.